The van der Waals surface area contributed by atoms with Gasteiger partial charge in [-0.1, -0.05) is 48.9 Å². The summed E-state index contributed by atoms with van der Waals surface area (Å²) in [6, 6.07) is 11.5. The zero-order valence-electron chi connectivity index (χ0n) is 12.7. The number of carboxylic acids is 1. The van der Waals surface area contributed by atoms with Crippen molar-refractivity contribution in [2.75, 3.05) is 6.54 Å². The average Bonchev–Trinajstić information content (AvgIpc) is 2.39. The van der Waals surface area contributed by atoms with Crippen LogP contribution in [0.15, 0.2) is 42.0 Å². The molecule has 0 aliphatic carbocycles. The smallest absolute Gasteiger partial charge is 0.300 e. The monoisotopic (exact) mass is 275 g/mol. The van der Waals surface area contributed by atoms with E-state index in [-0.39, 0.29) is 0 Å². The minimum absolute atomic E-state index is 0.726. The van der Waals surface area contributed by atoms with Gasteiger partial charge in [0, 0.05) is 26.1 Å². The fourth-order valence-corrected chi connectivity index (χ4v) is 2.43. The molecule has 1 aliphatic rings. The zero-order valence-corrected chi connectivity index (χ0v) is 12.7. The lowest BCUT2D eigenvalue weighted by Gasteiger charge is -2.34. The molecular formula is C17H25NO2. The van der Waals surface area contributed by atoms with E-state index in [1.165, 1.54) is 24.0 Å². The Bertz CT molecular complexity index is 436. The molecule has 1 aromatic carbocycles. The lowest BCUT2D eigenvalue weighted by atomic mass is 10.0. The molecule has 1 unspecified atom stereocenters. The molecule has 0 saturated carbocycles. The van der Waals surface area contributed by atoms with Gasteiger partial charge in [-0.25, -0.2) is 0 Å². The summed E-state index contributed by atoms with van der Waals surface area (Å²) in [5, 5.41) is 7.42. The van der Waals surface area contributed by atoms with Crippen LogP contribution < -0.4 is 0 Å². The van der Waals surface area contributed by atoms with E-state index in [4.69, 9.17) is 9.90 Å². The van der Waals surface area contributed by atoms with Crippen LogP contribution in [0.1, 0.15) is 39.2 Å². The third-order valence-electron chi connectivity index (χ3n) is 3.41. The van der Waals surface area contributed by atoms with Crippen molar-refractivity contribution in [1.29, 1.82) is 0 Å². The number of hydrogen-bond donors (Lipinski definition) is 1. The van der Waals surface area contributed by atoms with Crippen LogP contribution in [0.25, 0.3) is 0 Å². The molecule has 0 bridgehead atoms. The maximum Gasteiger partial charge on any atom is 0.300 e. The standard InChI is InChI=1S/C15H21N.C2H4O2/c1-3-15-10-9-13(2)11-16(15)12-14-7-5-4-6-8-14;1-2(3)4/h4-9,15H,3,10-12H2,1-2H3;1H3,(H,3,4). The maximum atomic E-state index is 9.00. The normalized spacial score (nSPS) is 18.8. The van der Waals surface area contributed by atoms with Crippen molar-refractivity contribution >= 4 is 5.97 Å². The molecule has 0 radical (unpaired) electrons. The lowest BCUT2D eigenvalue weighted by molar-refractivity contribution is -0.134. The Morgan fingerprint density at radius 3 is 2.50 bits per heavy atom. The van der Waals surface area contributed by atoms with Crippen LogP contribution in [0.4, 0.5) is 0 Å². The lowest BCUT2D eigenvalue weighted by Crippen LogP contribution is -2.37. The highest BCUT2D eigenvalue weighted by atomic mass is 16.4. The first-order chi connectivity index (χ1) is 9.52. The van der Waals surface area contributed by atoms with Crippen LogP contribution in [0, 0.1) is 0 Å². The fourth-order valence-electron chi connectivity index (χ4n) is 2.43. The highest BCUT2D eigenvalue weighted by Gasteiger charge is 2.19. The Hall–Kier alpha value is -1.61. The zero-order chi connectivity index (χ0) is 15.0. The van der Waals surface area contributed by atoms with Crippen molar-refractivity contribution in [3.8, 4) is 0 Å². The summed E-state index contributed by atoms with van der Waals surface area (Å²) in [5.74, 6) is -0.833. The maximum absolute atomic E-state index is 9.00. The molecule has 1 heterocycles. The highest BCUT2D eigenvalue weighted by molar-refractivity contribution is 5.62. The third-order valence-corrected chi connectivity index (χ3v) is 3.41. The van der Waals surface area contributed by atoms with Crippen molar-refractivity contribution < 1.29 is 9.90 Å². The number of carboxylic acid groups (broad SMARTS) is 1. The third kappa shape index (κ3) is 6.02. The number of hydrogen-bond acceptors (Lipinski definition) is 2. The summed E-state index contributed by atoms with van der Waals surface area (Å²) in [4.78, 5) is 11.6. The topological polar surface area (TPSA) is 40.5 Å². The molecule has 0 spiro atoms. The van der Waals surface area contributed by atoms with Crippen molar-refractivity contribution in [2.45, 2.75) is 46.2 Å². The Morgan fingerprint density at radius 2 is 1.95 bits per heavy atom. The predicted octanol–water partition coefficient (Wildman–Crippen LogP) is 3.71. The van der Waals surface area contributed by atoms with E-state index in [2.05, 4.69) is 55.2 Å². The number of benzene rings is 1. The molecule has 1 aliphatic heterocycles. The Kier molecular flexibility index (Phi) is 7.02. The van der Waals surface area contributed by atoms with Gasteiger partial charge < -0.3 is 5.11 Å². The molecule has 110 valence electrons. The van der Waals surface area contributed by atoms with Gasteiger partial charge >= 0.3 is 0 Å². The van der Waals surface area contributed by atoms with E-state index in [1.807, 2.05) is 0 Å². The number of carbonyl (C=O) groups is 1. The van der Waals surface area contributed by atoms with E-state index in [0.717, 1.165) is 26.1 Å². The molecule has 0 saturated heterocycles. The molecule has 3 nitrogen and oxygen atoms in total. The van der Waals surface area contributed by atoms with Gasteiger partial charge in [-0.15, -0.1) is 0 Å². The predicted molar refractivity (Wildman–Crippen MR) is 82.6 cm³/mol. The van der Waals surface area contributed by atoms with Gasteiger partial charge in [0.05, 0.1) is 0 Å². The fraction of sp³-hybridized carbons (Fsp3) is 0.471. The van der Waals surface area contributed by atoms with Crippen molar-refractivity contribution in [2.24, 2.45) is 0 Å². The molecule has 0 amide bonds. The summed E-state index contributed by atoms with van der Waals surface area (Å²) in [5.41, 5.74) is 2.94. The summed E-state index contributed by atoms with van der Waals surface area (Å²) >= 11 is 0. The molecule has 1 N–H and O–H groups in total. The quantitative estimate of drug-likeness (QED) is 0.855. The van der Waals surface area contributed by atoms with Gasteiger partial charge in [-0.05, 0) is 25.3 Å². The van der Waals surface area contributed by atoms with Crippen LogP contribution in [0.2, 0.25) is 0 Å². The van der Waals surface area contributed by atoms with Crippen LogP contribution in [-0.4, -0.2) is 28.6 Å². The molecular weight excluding hydrogens is 250 g/mol. The van der Waals surface area contributed by atoms with E-state index >= 15 is 0 Å². The summed E-state index contributed by atoms with van der Waals surface area (Å²) in [7, 11) is 0. The van der Waals surface area contributed by atoms with Crippen molar-refractivity contribution in [1.82, 2.24) is 4.90 Å². The second kappa shape index (κ2) is 8.54. The first-order valence-corrected chi connectivity index (χ1v) is 7.16. The molecule has 2 rings (SSSR count). The number of aliphatic carboxylic acids is 1. The SMILES string of the molecule is CC(=O)O.CCC1CC=C(C)CN1Cc1ccccc1. The van der Waals surface area contributed by atoms with Crippen LogP contribution in [-0.2, 0) is 11.3 Å². The summed E-state index contributed by atoms with van der Waals surface area (Å²) in [6.07, 6.45) is 4.86. The van der Waals surface area contributed by atoms with Crippen molar-refractivity contribution in [3.05, 3.63) is 47.5 Å². The minimum Gasteiger partial charge on any atom is -0.481 e. The molecule has 0 aromatic heterocycles. The first kappa shape index (κ1) is 16.4. The van der Waals surface area contributed by atoms with Gasteiger partial charge in [0.15, 0.2) is 0 Å². The van der Waals surface area contributed by atoms with Crippen molar-refractivity contribution in [3.63, 3.8) is 0 Å². The van der Waals surface area contributed by atoms with Gasteiger partial charge in [0.1, 0.15) is 0 Å². The van der Waals surface area contributed by atoms with Crippen LogP contribution >= 0.6 is 0 Å². The molecule has 1 aromatic rings. The largest absolute Gasteiger partial charge is 0.481 e. The van der Waals surface area contributed by atoms with Gasteiger partial charge in [0.2, 0.25) is 0 Å². The molecule has 3 heteroatoms. The van der Waals surface area contributed by atoms with Gasteiger partial charge in [0.25, 0.3) is 5.97 Å². The molecule has 1 atom stereocenters. The second-order valence-electron chi connectivity index (χ2n) is 5.26. The Balaban J connectivity index is 0.000000444. The Labute approximate surface area is 121 Å². The Morgan fingerprint density at radius 1 is 1.35 bits per heavy atom. The summed E-state index contributed by atoms with van der Waals surface area (Å²) < 4.78 is 0. The first-order valence-electron chi connectivity index (χ1n) is 7.16. The highest BCUT2D eigenvalue weighted by Crippen LogP contribution is 2.20. The second-order valence-corrected chi connectivity index (χ2v) is 5.26. The number of rotatable bonds is 3. The van der Waals surface area contributed by atoms with Crippen LogP contribution in [0.3, 0.4) is 0 Å². The average molecular weight is 275 g/mol. The minimum atomic E-state index is -0.833. The van der Waals surface area contributed by atoms with Gasteiger partial charge in [-0.2, -0.15) is 0 Å². The van der Waals surface area contributed by atoms with E-state index in [9.17, 15) is 0 Å². The number of nitrogens with zero attached hydrogens (tertiary/aromatic N) is 1. The molecule has 20 heavy (non-hydrogen) atoms. The van der Waals surface area contributed by atoms with Gasteiger partial charge in [-0.3, -0.25) is 9.69 Å². The van der Waals surface area contributed by atoms with E-state index in [1.54, 1.807) is 0 Å². The molecule has 0 fully saturated rings. The summed E-state index contributed by atoms with van der Waals surface area (Å²) in [6.45, 7) is 7.83. The van der Waals surface area contributed by atoms with E-state index < -0.39 is 5.97 Å². The van der Waals surface area contributed by atoms with Crippen LogP contribution in [0.5, 0.6) is 0 Å². The van der Waals surface area contributed by atoms with E-state index in [0.29, 0.717) is 0 Å².